The van der Waals surface area contributed by atoms with Gasteiger partial charge in [0.1, 0.15) is 5.75 Å². The molecule has 0 spiro atoms. The summed E-state index contributed by atoms with van der Waals surface area (Å²) in [6, 6.07) is 14.2. The van der Waals surface area contributed by atoms with Gasteiger partial charge >= 0.3 is 0 Å². The maximum atomic E-state index is 13.7. The van der Waals surface area contributed by atoms with Crippen LogP contribution in [-0.4, -0.2) is 71.5 Å². The Bertz CT molecular complexity index is 1040. The summed E-state index contributed by atoms with van der Waals surface area (Å²) in [6.45, 7) is 13.0. The highest BCUT2D eigenvalue weighted by atomic mass is 16.3. The molecule has 5 heteroatoms. The van der Waals surface area contributed by atoms with Gasteiger partial charge in [0.05, 0.1) is 0 Å². The molecule has 2 saturated heterocycles. The van der Waals surface area contributed by atoms with Crippen LogP contribution in [0.15, 0.2) is 42.5 Å². The quantitative estimate of drug-likeness (QED) is 0.775. The maximum absolute atomic E-state index is 13.7. The van der Waals surface area contributed by atoms with E-state index in [4.69, 9.17) is 0 Å². The predicted molar refractivity (Wildman–Crippen MR) is 132 cm³/mol. The lowest BCUT2D eigenvalue weighted by atomic mass is 9.51. The van der Waals surface area contributed by atoms with Gasteiger partial charge in [-0.3, -0.25) is 9.69 Å². The number of hydrogen-bond donors (Lipinski definition) is 1. The molecule has 0 radical (unpaired) electrons. The van der Waals surface area contributed by atoms with Gasteiger partial charge in [-0.05, 0) is 60.2 Å². The first-order valence-corrected chi connectivity index (χ1v) is 12.3. The molecule has 2 aromatic carbocycles. The topological polar surface area (TPSA) is 47.0 Å². The van der Waals surface area contributed by atoms with E-state index in [2.05, 4.69) is 60.7 Å². The number of fused-ring (bicyclic) bond motifs is 4. The number of amides is 1. The minimum absolute atomic E-state index is 0.0624. The number of phenolic OH excluding ortho intramolecular Hbond substituents is 1. The Kier molecular flexibility index (Phi) is 5.53. The number of likely N-dealkylation sites (tertiary alicyclic amines) is 1. The standard InChI is InChI=1S/C28H37N3O2/c1-27(2)25-18-22-23(6-5-7-24(22)32)28(27,3)12-13-31(25)26(33)21-10-8-20(9-11-21)19-30-16-14-29(4)15-17-30/h5-11,25,32H,12-19H2,1-4H3/t25-,28+/m1/s1. The van der Waals surface area contributed by atoms with E-state index in [0.29, 0.717) is 12.2 Å². The molecule has 1 N–H and O–H groups in total. The Morgan fingerprint density at radius 1 is 1.00 bits per heavy atom. The summed E-state index contributed by atoms with van der Waals surface area (Å²) < 4.78 is 0. The number of piperazine rings is 1. The summed E-state index contributed by atoms with van der Waals surface area (Å²) in [7, 11) is 2.18. The zero-order valence-corrected chi connectivity index (χ0v) is 20.5. The number of likely N-dealkylation sites (N-methyl/N-ethyl adjacent to an activating group) is 1. The fraction of sp³-hybridized carbons (Fsp3) is 0.536. The van der Waals surface area contributed by atoms with Crippen LogP contribution in [0.25, 0.3) is 0 Å². The number of aromatic hydroxyl groups is 1. The SMILES string of the molecule is CN1CCN(Cc2ccc(C(=O)N3CC[C@@]4(C)c5cccc(O)c5C[C@@H]3C4(C)C)cc2)CC1. The van der Waals surface area contributed by atoms with E-state index in [0.717, 1.165) is 56.8 Å². The normalized spacial score (nSPS) is 27.3. The largest absolute Gasteiger partial charge is 0.508 e. The van der Waals surface area contributed by atoms with E-state index in [1.165, 1.54) is 11.1 Å². The Balaban J connectivity index is 1.36. The van der Waals surface area contributed by atoms with Gasteiger partial charge in [0.15, 0.2) is 0 Å². The van der Waals surface area contributed by atoms with E-state index >= 15 is 0 Å². The third-order valence-electron chi connectivity index (χ3n) is 9.09. The fourth-order valence-electron chi connectivity index (χ4n) is 6.35. The van der Waals surface area contributed by atoms with Crippen LogP contribution >= 0.6 is 0 Å². The Morgan fingerprint density at radius 2 is 1.70 bits per heavy atom. The van der Waals surface area contributed by atoms with Gasteiger partial charge in [-0.2, -0.15) is 0 Å². The van der Waals surface area contributed by atoms with Gasteiger partial charge in [-0.15, -0.1) is 0 Å². The molecule has 2 aliphatic heterocycles. The van der Waals surface area contributed by atoms with Gasteiger partial charge in [-0.25, -0.2) is 0 Å². The number of phenols is 1. The average Bonchev–Trinajstić information content (AvgIpc) is 2.78. The molecule has 2 bridgehead atoms. The van der Waals surface area contributed by atoms with Crippen molar-refractivity contribution >= 4 is 5.91 Å². The van der Waals surface area contributed by atoms with Gasteiger partial charge < -0.3 is 14.9 Å². The third-order valence-corrected chi connectivity index (χ3v) is 9.09. The lowest BCUT2D eigenvalue weighted by Crippen LogP contribution is -2.64. The summed E-state index contributed by atoms with van der Waals surface area (Å²) >= 11 is 0. The van der Waals surface area contributed by atoms with Crippen LogP contribution < -0.4 is 0 Å². The Morgan fingerprint density at radius 3 is 2.39 bits per heavy atom. The molecule has 176 valence electrons. The number of piperidine rings is 1. The second-order valence-corrected chi connectivity index (χ2v) is 11.1. The second-order valence-electron chi connectivity index (χ2n) is 11.1. The van der Waals surface area contributed by atoms with Gasteiger partial charge in [0.25, 0.3) is 5.91 Å². The third kappa shape index (κ3) is 3.66. The fourth-order valence-corrected chi connectivity index (χ4v) is 6.35. The van der Waals surface area contributed by atoms with Crippen LogP contribution in [0.1, 0.15) is 54.2 Å². The van der Waals surface area contributed by atoms with E-state index in [1.807, 2.05) is 18.2 Å². The molecule has 5 rings (SSSR count). The van der Waals surface area contributed by atoms with Crippen molar-refractivity contribution < 1.29 is 9.90 Å². The van der Waals surface area contributed by atoms with Crippen molar-refractivity contribution in [3.8, 4) is 5.75 Å². The molecule has 3 aliphatic rings. The second kappa shape index (κ2) is 8.14. The molecule has 1 aliphatic carbocycles. The molecule has 2 atom stereocenters. The maximum Gasteiger partial charge on any atom is 0.254 e. The van der Waals surface area contributed by atoms with E-state index in [9.17, 15) is 9.90 Å². The van der Waals surface area contributed by atoms with Crippen LogP contribution in [0.2, 0.25) is 0 Å². The molecule has 0 unspecified atom stereocenters. The van der Waals surface area contributed by atoms with Crippen molar-refractivity contribution in [1.82, 2.24) is 14.7 Å². The van der Waals surface area contributed by atoms with Crippen LogP contribution in [0, 0.1) is 5.41 Å². The lowest BCUT2D eigenvalue weighted by molar-refractivity contribution is -0.0266. The summed E-state index contributed by atoms with van der Waals surface area (Å²) in [6.07, 6.45) is 1.61. The van der Waals surface area contributed by atoms with Crippen LogP contribution in [0.5, 0.6) is 5.75 Å². The molecular weight excluding hydrogens is 410 g/mol. The van der Waals surface area contributed by atoms with Crippen molar-refractivity contribution in [3.63, 3.8) is 0 Å². The van der Waals surface area contributed by atoms with Crippen molar-refractivity contribution in [2.45, 2.75) is 51.6 Å². The number of carbonyl (C=O) groups is 1. The molecular formula is C28H37N3O2. The number of rotatable bonds is 3. The molecule has 2 aromatic rings. The highest BCUT2D eigenvalue weighted by Gasteiger charge is 2.57. The monoisotopic (exact) mass is 447 g/mol. The summed E-state index contributed by atoms with van der Waals surface area (Å²) in [4.78, 5) is 20.6. The van der Waals surface area contributed by atoms with Gasteiger partial charge in [0, 0.05) is 56.3 Å². The Hall–Kier alpha value is -2.37. The first-order chi connectivity index (χ1) is 15.7. The molecule has 2 heterocycles. The molecule has 33 heavy (non-hydrogen) atoms. The highest BCUT2D eigenvalue weighted by Crippen LogP contribution is 2.57. The highest BCUT2D eigenvalue weighted by molar-refractivity contribution is 5.94. The number of carbonyl (C=O) groups excluding carboxylic acids is 1. The average molecular weight is 448 g/mol. The number of nitrogens with zero attached hydrogens (tertiary/aromatic N) is 3. The van der Waals surface area contributed by atoms with Crippen LogP contribution in [0.3, 0.4) is 0 Å². The molecule has 5 nitrogen and oxygen atoms in total. The van der Waals surface area contributed by atoms with E-state index < -0.39 is 0 Å². The van der Waals surface area contributed by atoms with Crippen molar-refractivity contribution in [1.29, 1.82) is 0 Å². The summed E-state index contributed by atoms with van der Waals surface area (Å²) in [5, 5.41) is 10.6. The summed E-state index contributed by atoms with van der Waals surface area (Å²) in [5.41, 5.74) is 4.16. The van der Waals surface area contributed by atoms with Crippen molar-refractivity contribution in [2.75, 3.05) is 39.8 Å². The van der Waals surface area contributed by atoms with Crippen molar-refractivity contribution in [3.05, 3.63) is 64.7 Å². The predicted octanol–water partition coefficient (Wildman–Crippen LogP) is 3.89. The summed E-state index contributed by atoms with van der Waals surface area (Å²) in [5.74, 6) is 0.474. The number of benzene rings is 2. The first-order valence-electron chi connectivity index (χ1n) is 12.3. The van der Waals surface area contributed by atoms with Crippen LogP contribution in [0.4, 0.5) is 0 Å². The zero-order chi connectivity index (χ0) is 23.4. The van der Waals surface area contributed by atoms with Gasteiger partial charge in [0.2, 0.25) is 0 Å². The minimum atomic E-state index is -0.0803. The van der Waals surface area contributed by atoms with E-state index in [1.54, 1.807) is 6.07 Å². The molecule has 0 aromatic heterocycles. The van der Waals surface area contributed by atoms with Crippen molar-refractivity contribution in [2.24, 2.45) is 5.41 Å². The zero-order valence-electron chi connectivity index (χ0n) is 20.5. The van der Waals surface area contributed by atoms with Gasteiger partial charge in [-0.1, -0.05) is 45.0 Å². The lowest BCUT2D eigenvalue weighted by Gasteiger charge is -2.60. The minimum Gasteiger partial charge on any atom is -0.508 e. The smallest absolute Gasteiger partial charge is 0.254 e. The van der Waals surface area contributed by atoms with Crippen LogP contribution in [-0.2, 0) is 18.4 Å². The molecule has 1 amide bonds. The Labute approximate surface area is 198 Å². The molecule has 0 saturated carbocycles. The van der Waals surface area contributed by atoms with E-state index in [-0.39, 0.29) is 22.8 Å². The molecule has 2 fully saturated rings. The number of hydrogen-bond acceptors (Lipinski definition) is 4. The first kappa shape index (κ1) is 22.4.